The fourth-order valence-corrected chi connectivity index (χ4v) is 3.46. The van der Waals surface area contributed by atoms with Crippen molar-refractivity contribution in [2.45, 2.75) is 44.9 Å². The Morgan fingerprint density at radius 3 is 2.17 bits per heavy atom. The van der Waals surface area contributed by atoms with Crippen molar-refractivity contribution in [3.63, 3.8) is 0 Å². The predicted molar refractivity (Wildman–Crippen MR) is 100 cm³/mol. The molecule has 1 aliphatic carbocycles. The van der Waals surface area contributed by atoms with E-state index in [0.717, 1.165) is 23.7 Å². The Balaban J connectivity index is 1.55. The molecule has 3 rings (SSSR count). The molecule has 1 fully saturated rings. The lowest BCUT2D eigenvalue weighted by atomic mass is 9.79. The van der Waals surface area contributed by atoms with Crippen LogP contribution >= 0.6 is 0 Å². The van der Waals surface area contributed by atoms with Gasteiger partial charge in [-0.15, -0.1) is 0 Å². The van der Waals surface area contributed by atoms with Crippen LogP contribution in [0, 0.1) is 17.8 Å². The van der Waals surface area contributed by atoms with Crippen LogP contribution in [0.4, 0.5) is 0 Å². The Labute approximate surface area is 146 Å². The van der Waals surface area contributed by atoms with Gasteiger partial charge in [0.1, 0.15) is 5.75 Å². The molecule has 2 aromatic rings. The molecule has 0 bridgehead atoms. The van der Waals surface area contributed by atoms with Crippen LogP contribution in [-0.4, -0.2) is 7.11 Å². The van der Waals surface area contributed by atoms with Gasteiger partial charge in [-0.1, -0.05) is 43.0 Å². The van der Waals surface area contributed by atoms with Crippen LogP contribution in [0.15, 0.2) is 48.5 Å². The van der Waals surface area contributed by atoms with E-state index in [4.69, 9.17) is 4.74 Å². The third-order valence-electron chi connectivity index (χ3n) is 5.10. The van der Waals surface area contributed by atoms with Crippen molar-refractivity contribution >= 4 is 0 Å². The largest absolute Gasteiger partial charge is 0.497 e. The first-order valence-corrected chi connectivity index (χ1v) is 9.03. The molecule has 0 heterocycles. The molecule has 0 saturated heterocycles. The molecule has 0 aromatic heterocycles. The van der Waals surface area contributed by atoms with Gasteiger partial charge in [-0.25, -0.2) is 0 Å². The molecule has 1 nitrogen and oxygen atoms in total. The first-order chi connectivity index (χ1) is 11.8. The molecule has 0 spiro atoms. The molecule has 0 aliphatic heterocycles. The van der Waals surface area contributed by atoms with E-state index < -0.39 is 0 Å². The van der Waals surface area contributed by atoms with Crippen molar-refractivity contribution in [1.29, 1.82) is 0 Å². The first kappa shape index (κ1) is 16.7. The molecule has 0 radical (unpaired) electrons. The van der Waals surface area contributed by atoms with Crippen LogP contribution in [0.3, 0.4) is 0 Å². The Hall–Kier alpha value is -2.20. The molecular weight excluding hydrogens is 292 g/mol. The number of methoxy groups -OCH3 is 1. The lowest BCUT2D eigenvalue weighted by molar-refractivity contribution is 0.384. The number of hydrogen-bond donors (Lipinski definition) is 0. The zero-order chi connectivity index (χ0) is 16.8. The highest BCUT2D eigenvalue weighted by atomic mass is 16.5. The smallest absolute Gasteiger partial charge is 0.118 e. The second kappa shape index (κ2) is 8.06. The van der Waals surface area contributed by atoms with Crippen molar-refractivity contribution in [2.75, 3.05) is 7.11 Å². The van der Waals surface area contributed by atoms with E-state index in [1.54, 1.807) is 7.11 Å². The Bertz CT molecular complexity index is 692. The average molecular weight is 318 g/mol. The molecule has 1 saturated carbocycles. The van der Waals surface area contributed by atoms with Gasteiger partial charge in [-0.2, -0.15) is 0 Å². The normalized spacial score (nSPS) is 20.1. The van der Waals surface area contributed by atoms with Crippen molar-refractivity contribution in [3.05, 3.63) is 65.2 Å². The van der Waals surface area contributed by atoms with Gasteiger partial charge in [-0.05, 0) is 73.4 Å². The highest BCUT2D eigenvalue weighted by molar-refractivity contribution is 5.38. The zero-order valence-corrected chi connectivity index (χ0v) is 14.7. The number of benzene rings is 2. The van der Waals surface area contributed by atoms with Crippen molar-refractivity contribution in [3.8, 4) is 17.6 Å². The molecule has 0 amide bonds. The molecule has 24 heavy (non-hydrogen) atoms. The van der Waals surface area contributed by atoms with E-state index in [-0.39, 0.29) is 0 Å². The molecule has 1 aliphatic rings. The molecule has 124 valence electrons. The Morgan fingerprint density at radius 1 is 0.917 bits per heavy atom. The monoisotopic (exact) mass is 318 g/mol. The SMILES string of the molecule is CCc1ccc(C2CCC(C#Cc3ccc(OC)cc3)CC2)cc1. The van der Waals surface area contributed by atoms with E-state index in [0.29, 0.717) is 5.92 Å². The topological polar surface area (TPSA) is 9.23 Å². The number of hydrogen-bond acceptors (Lipinski definition) is 1. The minimum Gasteiger partial charge on any atom is -0.497 e. The highest BCUT2D eigenvalue weighted by Gasteiger charge is 2.21. The number of ether oxygens (including phenoxy) is 1. The second-order valence-electron chi connectivity index (χ2n) is 6.64. The maximum absolute atomic E-state index is 5.18. The standard InChI is InChI=1S/C23H26O/c1-3-18-6-12-21(13-7-18)22-14-8-19(9-15-22)4-5-20-10-16-23(24-2)17-11-20/h6-7,10-13,16-17,19,22H,3,8-9,14-15H2,1-2H3. The van der Waals surface area contributed by atoms with E-state index in [1.807, 2.05) is 24.3 Å². The fourth-order valence-electron chi connectivity index (χ4n) is 3.46. The van der Waals surface area contributed by atoms with E-state index in [2.05, 4.69) is 43.0 Å². The van der Waals surface area contributed by atoms with Gasteiger partial charge in [-0.3, -0.25) is 0 Å². The molecule has 0 N–H and O–H groups in total. The quantitative estimate of drug-likeness (QED) is 0.671. The van der Waals surface area contributed by atoms with Crippen LogP contribution in [0.25, 0.3) is 0 Å². The van der Waals surface area contributed by atoms with Gasteiger partial charge in [0.2, 0.25) is 0 Å². The zero-order valence-electron chi connectivity index (χ0n) is 14.7. The van der Waals surface area contributed by atoms with Crippen molar-refractivity contribution in [1.82, 2.24) is 0 Å². The molecule has 1 heteroatoms. The fraction of sp³-hybridized carbons (Fsp3) is 0.391. The summed E-state index contributed by atoms with van der Waals surface area (Å²) < 4.78 is 5.18. The molecule has 0 atom stereocenters. The lowest BCUT2D eigenvalue weighted by Crippen LogP contribution is -2.12. The summed E-state index contributed by atoms with van der Waals surface area (Å²) >= 11 is 0. The summed E-state index contributed by atoms with van der Waals surface area (Å²) in [7, 11) is 1.69. The molecular formula is C23H26O. The van der Waals surface area contributed by atoms with Gasteiger partial charge in [0.05, 0.1) is 7.11 Å². The van der Waals surface area contributed by atoms with E-state index in [1.165, 1.54) is 36.8 Å². The minimum atomic E-state index is 0.540. The summed E-state index contributed by atoms with van der Waals surface area (Å²) in [6.45, 7) is 2.21. The van der Waals surface area contributed by atoms with Crippen LogP contribution < -0.4 is 4.74 Å². The third kappa shape index (κ3) is 4.20. The summed E-state index contributed by atoms with van der Waals surface area (Å²) in [6, 6.07) is 17.2. The molecule has 0 unspecified atom stereocenters. The van der Waals surface area contributed by atoms with E-state index in [9.17, 15) is 0 Å². The van der Waals surface area contributed by atoms with Gasteiger partial charge in [0.15, 0.2) is 0 Å². The van der Waals surface area contributed by atoms with Crippen LogP contribution in [0.1, 0.15) is 55.2 Å². The Kier molecular flexibility index (Phi) is 5.59. The second-order valence-corrected chi connectivity index (χ2v) is 6.64. The maximum atomic E-state index is 5.18. The van der Waals surface area contributed by atoms with Crippen LogP contribution in [0.2, 0.25) is 0 Å². The van der Waals surface area contributed by atoms with Crippen molar-refractivity contribution < 1.29 is 4.74 Å². The summed E-state index contributed by atoms with van der Waals surface area (Å²) in [6.07, 6.45) is 6.06. The van der Waals surface area contributed by atoms with Crippen molar-refractivity contribution in [2.24, 2.45) is 5.92 Å². The van der Waals surface area contributed by atoms with E-state index >= 15 is 0 Å². The Morgan fingerprint density at radius 2 is 1.58 bits per heavy atom. The van der Waals surface area contributed by atoms with Gasteiger partial charge < -0.3 is 4.74 Å². The number of rotatable bonds is 3. The van der Waals surface area contributed by atoms with Crippen LogP contribution in [-0.2, 0) is 6.42 Å². The van der Waals surface area contributed by atoms with Gasteiger partial charge in [0.25, 0.3) is 0 Å². The maximum Gasteiger partial charge on any atom is 0.118 e. The first-order valence-electron chi connectivity index (χ1n) is 9.03. The average Bonchev–Trinajstić information content (AvgIpc) is 2.67. The highest BCUT2D eigenvalue weighted by Crippen LogP contribution is 2.35. The summed E-state index contributed by atoms with van der Waals surface area (Å²) in [5.41, 5.74) is 4.01. The predicted octanol–water partition coefficient (Wildman–Crippen LogP) is 5.58. The summed E-state index contributed by atoms with van der Waals surface area (Å²) in [4.78, 5) is 0. The lowest BCUT2D eigenvalue weighted by Gasteiger charge is -2.26. The van der Waals surface area contributed by atoms with Gasteiger partial charge in [0, 0.05) is 11.5 Å². The summed E-state index contributed by atoms with van der Waals surface area (Å²) in [5, 5.41) is 0. The van der Waals surface area contributed by atoms with Crippen LogP contribution in [0.5, 0.6) is 5.75 Å². The number of aryl methyl sites for hydroxylation is 1. The van der Waals surface area contributed by atoms with Gasteiger partial charge >= 0.3 is 0 Å². The molecule has 2 aromatic carbocycles. The third-order valence-corrected chi connectivity index (χ3v) is 5.10. The minimum absolute atomic E-state index is 0.540. The summed E-state index contributed by atoms with van der Waals surface area (Å²) in [5.74, 6) is 8.95.